The van der Waals surface area contributed by atoms with Crippen LogP contribution in [0.4, 0.5) is 0 Å². The van der Waals surface area contributed by atoms with Crippen LogP contribution in [0.2, 0.25) is 0 Å². The van der Waals surface area contributed by atoms with Gasteiger partial charge >= 0.3 is 0 Å². The minimum Gasteiger partial charge on any atom is -0.493 e. The van der Waals surface area contributed by atoms with Gasteiger partial charge in [0.15, 0.2) is 5.96 Å². The SMILES string of the molecule is CN=C(NCCc1ccc2c(c1)CCO2)NCc1ccc(C(=O)N(C)C)cc1.I. The summed E-state index contributed by atoms with van der Waals surface area (Å²) in [4.78, 5) is 17.8. The molecule has 0 spiro atoms. The van der Waals surface area contributed by atoms with Gasteiger partial charge in [-0.1, -0.05) is 24.3 Å². The summed E-state index contributed by atoms with van der Waals surface area (Å²) < 4.78 is 5.55. The van der Waals surface area contributed by atoms with Gasteiger partial charge in [-0.25, -0.2) is 0 Å². The lowest BCUT2D eigenvalue weighted by Gasteiger charge is -2.13. The third-order valence-electron chi connectivity index (χ3n) is 4.75. The summed E-state index contributed by atoms with van der Waals surface area (Å²) in [6.07, 6.45) is 1.92. The highest BCUT2D eigenvalue weighted by molar-refractivity contribution is 14.0. The molecule has 29 heavy (non-hydrogen) atoms. The van der Waals surface area contributed by atoms with E-state index in [-0.39, 0.29) is 29.9 Å². The van der Waals surface area contributed by atoms with Gasteiger partial charge in [-0.2, -0.15) is 0 Å². The van der Waals surface area contributed by atoms with Crippen LogP contribution in [0.3, 0.4) is 0 Å². The van der Waals surface area contributed by atoms with Crippen LogP contribution in [-0.2, 0) is 19.4 Å². The zero-order valence-electron chi connectivity index (χ0n) is 17.2. The Labute approximate surface area is 189 Å². The van der Waals surface area contributed by atoms with Crippen LogP contribution < -0.4 is 15.4 Å². The number of rotatable bonds is 6. The van der Waals surface area contributed by atoms with E-state index in [9.17, 15) is 4.79 Å². The van der Waals surface area contributed by atoms with Crippen molar-refractivity contribution in [2.24, 2.45) is 4.99 Å². The second-order valence-corrected chi connectivity index (χ2v) is 7.04. The highest BCUT2D eigenvalue weighted by Gasteiger charge is 2.12. The molecule has 0 radical (unpaired) electrons. The van der Waals surface area contributed by atoms with Crippen molar-refractivity contribution >= 4 is 35.8 Å². The van der Waals surface area contributed by atoms with E-state index < -0.39 is 0 Å². The summed E-state index contributed by atoms with van der Waals surface area (Å²) in [7, 11) is 5.27. The molecule has 2 N–H and O–H groups in total. The molecule has 0 saturated heterocycles. The molecule has 7 heteroatoms. The van der Waals surface area contributed by atoms with E-state index in [0.29, 0.717) is 12.1 Å². The van der Waals surface area contributed by atoms with Crippen molar-refractivity contribution in [3.8, 4) is 5.75 Å². The van der Waals surface area contributed by atoms with Gasteiger partial charge in [0.2, 0.25) is 0 Å². The number of nitrogens with zero attached hydrogens (tertiary/aromatic N) is 2. The number of ether oxygens (including phenoxy) is 1. The van der Waals surface area contributed by atoms with E-state index in [1.54, 1.807) is 26.0 Å². The van der Waals surface area contributed by atoms with Crippen LogP contribution in [0.1, 0.15) is 27.0 Å². The Morgan fingerprint density at radius 1 is 1.10 bits per heavy atom. The fourth-order valence-electron chi connectivity index (χ4n) is 3.15. The Kier molecular flexibility index (Phi) is 8.75. The maximum Gasteiger partial charge on any atom is 0.253 e. The first-order valence-corrected chi connectivity index (χ1v) is 9.56. The molecule has 1 amide bonds. The van der Waals surface area contributed by atoms with Gasteiger partial charge in [-0.05, 0) is 41.3 Å². The lowest BCUT2D eigenvalue weighted by molar-refractivity contribution is 0.0827. The van der Waals surface area contributed by atoms with E-state index in [1.165, 1.54) is 11.1 Å². The molecule has 3 rings (SSSR count). The highest BCUT2D eigenvalue weighted by Crippen LogP contribution is 2.25. The largest absolute Gasteiger partial charge is 0.493 e. The topological polar surface area (TPSA) is 66.0 Å². The molecule has 0 atom stereocenters. The smallest absolute Gasteiger partial charge is 0.253 e. The van der Waals surface area contributed by atoms with E-state index >= 15 is 0 Å². The molecular formula is C22H29IN4O2. The van der Waals surface area contributed by atoms with Crippen LogP contribution in [-0.4, -0.2) is 51.1 Å². The molecule has 0 saturated carbocycles. The third-order valence-corrected chi connectivity index (χ3v) is 4.75. The van der Waals surface area contributed by atoms with Crippen LogP contribution >= 0.6 is 24.0 Å². The van der Waals surface area contributed by atoms with Crippen molar-refractivity contribution in [2.75, 3.05) is 34.3 Å². The summed E-state index contributed by atoms with van der Waals surface area (Å²) in [6, 6.07) is 14.1. The molecule has 6 nitrogen and oxygen atoms in total. The average Bonchev–Trinajstić information content (AvgIpc) is 3.18. The maximum atomic E-state index is 11.9. The first-order chi connectivity index (χ1) is 13.6. The molecule has 0 aromatic heterocycles. The van der Waals surface area contributed by atoms with Crippen molar-refractivity contribution in [1.82, 2.24) is 15.5 Å². The lowest BCUT2D eigenvalue weighted by atomic mass is 10.1. The van der Waals surface area contributed by atoms with Gasteiger partial charge < -0.3 is 20.3 Å². The van der Waals surface area contributed by atoms with Gasteiger partial charge in [-0.15, -0.1) is 24.0 Å². The number of carbonyl (C=O) groups is 1. The van der Waals surface area contributed by atoms with Gasteiger partial charge in [0.25, 0.3) is 5.91 Å². The van der Waals surface area contributed by atoms with Crippen molar-refractivity contribution < 1.29 is 9.53 Å². The summed E-state index contributed by atoms with van der Waals surface area (Å²) >= 11 is 0. The third kappa shape index (κ3) is 6.35. The lowest BCUT2D eigenvalue weighted by Crippen LogP contribution is -2.37. The number of halogens is 1. The van der Waals surface area contributed by atoms with Crippen molar-refractivity contribution in [2.45, 2.75) is 19.4 Å². The number of fused-ring (bicyclic) bond motifs is 1. The Morgan fingerprint density at radius 2 is 1.83 bits per heavy atom. The number of carbonyl (C=O) groups excluding carboxylic acids is 1. The minimum absolute atomic E-state index is 0. The van der Waals surface area contributed by atoms with Crippen LogP contribution in [0.25, 0.3) is 0 Å². The Balaban J connectivity index is 0.00000300. The van der Waals surface area contributed by atoms with E-state index in [4.69, 9.17) is 4.74 Å². The summed E-state index contributed by atoms with van der Waals surface area (Å²) in [6.45, 7) is 2.24. The molecule has 0 fully saturated rings. The van der Waals surface area contributed by atoms with E-state index in [1.807, 2.05) is 24.3 Å². The van der Waals surface area contributed by atoms with Crippen LogP contribution in [0, 0.1) is 0 Å². The molecule has 1 aliphatic heterocycles. The molecule has 2 aromatic carbocycles. The Bertz CT molecular complexity index is 850. The maximum absolute atomic E-state index is 11.9. The van der Waals surface area contributed by atoms with Crippen LogP contribution in [0.5, 0.6) is 5.75 Å². The van der Waals surface area contributed by atoms with Crippen molar-refractivity contribution in [3.63, 3.8) is 0 Å². The van der Waals surface area contributed by atoms with E-state index in [0.717, 1.165) is 43.3 Å². The average molecular weight is 508 g/mol. The zero-order chi connectivity index (χ0) is 19.9. The normalized spacial score (nSPS) is 12.4. The highest BCUT2D eigenvalue weighted by atomic mass is 127. The first kappa shape index (κ1) is 23.0. The Morgan fingerprint density at radius 3 is 2.52 bits per heavy atom. The standard InChI is InChI=1S/C22H28N4O2.HI/c1-23-22(24-12-10-16-6-9-20-19(14-16)11-13-28-20)25-15-17-4-7-18(8-5-17)21(27)26(2)3;/h4-9,14H,10-13,15H2,1-3H3,(H2,23,24,25);1H. The second kappa shape index (κ2) is 11.0. The van der Waals surface area contributed by atoms with Crippen LogP contribution in [0.15, 0.2) is 47.5 Å². The number of aliphatic imine (C=N–C) groups is 1. The molecule has 0 unspecified atom stereocenters. The fourth-order valence-corrected chi connectivity index (χ4v) is 3.15. The second-order valence-electron chi connectivity index (χ2n) is 7.04. The summed E-state index contributed by atoms with van der Waals surface area (Å²) in [5.74, 6) is 1.79. The molecular weight excluding hydrogens is 479 g/mol. The molecule has 2 aromatic rings. The van der Waals surface area contributed by atoms with Gasteiger partial charge in [-0.3, -0.25) is 9.79 Å². The zero-order valence-corrected chi connectivity index (χ0v) is 19.5. The predicted octanol–water partition coefficient (Wildman–Crippen LogP) is 2.85. The predicted molar refractivity (Wildman–Crippen MR) is 127 cm³/mol. The Hall–Kier alpha value is -2.29. The molecule has 0 bridgehead atoms. The van der Waals surface area contributed by atoms with Gasteiger partial charge in [0.1, 0.15) is 5.75 Å². The number of amides is 1. The van der Waals surface area contributed by atoms with Gasteiger partial charge in [0, 0.05) is 46.2 Å². The molecule has 1 heterocycles. The molecule has 156 valence electrons. The number of benzene rings is 2. The summed E-state index contributed by atoms with van der Waals surface area (Å²) in [5.41, 5.74) is 4.39. The van der Waals surface area contributed by atoms with Crippen molar-refractivity contribution in [3.05, 3.63) is 64.7 Å². The first-order valence-electron chi connectivity index (χ1n) is 9.56. The minimum atomic E-state index is 0. The summed E-state index contributed by atoms with van der Waals surface area (Å²) in [5, 5.41) is 6.66. The van der Waals surface area contributed by atoms with Crippen molar-refractivity contribution in [1.29, 1.82) is 0 Å². The number of nitrogens with one attached hydrogen (secondary N) is 2. The molecule has 1 aliphatic rings. The van der Waals surface area contributed by atoms with E-state index in [2.05, 4.69) is 33.8 Å². The fraction of sp³-hybridized carbons (Fsp3) is 0.364. The molecule has 0 aliphatic carbocycles. The monoisotopic (exact) mass is 508 g/mol. The number of guanidine groups is 1. The number of hydrogen-bond donors (Lipinski definition) is 2. The number of hydrogen-bond acceptors (Lipinski definition) is 3. The quantitative estimate of drug-likeness (QED) is 0.358. The van der Waals surface area contributed by atoms with Gasteiger partial charge in [0.05, 0.1) is 6.61 Å².